The number of benzene rings is 1. The van der Waals surface area contributed by atoms with E-state index in [1.165, 1.54) is 6.92 Å². The van der Waals surface area contributed by atoms with Gasteiger partial charge < -0.3 is 10.2 Å². The number of amides is 2. The van der Waals surface area contributed by atoms with Crippen molar-refractivity contribution in [1.82, 2.24) is 5.32 Å². The Labute approximate surface area is 126 Å². The zero-order valence-electron chi connectivity index (χ0n) is 13.1. The zero-order valence-corrected chi connectivity index (χ0v) is 13.1. The summed E-state index contributed by atoms with van der Waals surface area (Å²) in [5.41, 5.74) is 2.00. The molecule has 1 N–H and O–H groups in total. The number of carbonyl (C=O) groups is 2. The van der Waals surface area contributed by atoms with Gasteiger partial charge in [-0.05, 0) is 17.5 Å². The number of hydrogen-bond acceptors (Lipinski definition) is 2. The molecule has 0 aliphatic carbocycles. The van der Waals surface area contributed by atoms with E-state index < -0.39 is 0 Å². The summed E-state index contributed by atoms with van der Waals surface area (Å²) in [6.45, 7) is 10.1. The van der Waals surface area contributed by atoms with Crippen LogP contribution in [0.2, 0.25) is 0 Å². The predicted molar refractivity (Wildman–Crippen MR) is 86.4 cm³/mol. The van der Waals surface area contributed by atoms with Crippen molar-refractivity contribution in [2.24, 2.45) is 0 Å². The fraction of sp³-hybridized carbons (Fsp3) is 0.412. The molecule has 114 valence electrons. The predicted octanol–water partition coefficient (Wildman–Crippen LogP) is 2.86. The van der Waals surface area contributed by atoms with E-state index >= 15 is 0 Å². The van der Waals surface area contributed by atoms with Gasteiger partial charge in [-0.3, -0.25) is 9.59 Å². The molecule has 0 heterocycles. The SMILES string of the molecule is C=CCNC(=O)CCN(C(C)=O)c1ccccc1C(C)C. The van der Waals surface area contributed by atoms with E-state index in [2.05, 4.69) is 25.7 Å². The van der Waals surface area contributed by atoms with Crippen molar-refractivity contribution in [3.63, 3.8) is 0 Å². The van der Waals surface area contributed by atoms with Crippen LogP contribution in [-0.4, -0.2) is 24.9 Å². The van der Waals surface area contributed by atoms with Crippen LogP contribution < -0.4 is 10.2 Å². The molecular weight excluding hydrogens is 264 g/mol. The van der Waals surface area contributed by atoms with Gasteiger partial charge in [-0.2, -0.15) is 0 Å². The third kappa shape index (κ3) is 5.06. The lowest BCUT2D eigenvalue weighted by Gasteiger charge is -2.25. The van der Waals surface area contributed by atoms with Crippen molar-refractivity contribution in [2.45, 2.75) is 33.1 Å². The molecular formula is C17H24N2O2. The number of anilines is 1. The first kappa shape index (κ1) is 17.0. The Hall–Kier alpha value is -2.10. The van der Waals surface area contributed by atoms with Crippen LogP contribution in [0.1, 0.15) is 38.7 Å². The molecule has 0 spiro atoms. The highest BCUT2D eigenvalue weighted by Crippen LogP contribution is 2.27. The molecule has 0 aliphatic rings. The topological polar surface area (TPSA) is 49.4 Å². The van der Waals surface area contributed by atoms with Crippen LogP contribution in [0.4, 0.5) is 5.69 Å². The van der Waals surface area contributed by atoms with Gasteiger partial charge in [-0.1, -0.05) is 38.1 Å². The second-order valence-corrected chi connectivity index (χ2v) is 5.23. The van der Waals surface area contributed by atoms with Gasteiger partial charge in [0.05, 0.1) is 0 Å². The number of nitrogens with zero attached hydrogens (tertiary/aromatic N) is 1. The summed E-state index contributed by atoms with van der Waals surface area (Å²) in [5, 5.41) is 2.72. The van der Waals surface area contributed by atoms with Crippen molar-refractivity contribution in [3.8, 4) is 0 Å². The van der Waals surface area contributed by atoms with Gasteiger partial charge >= 0.3 is 0 Å². The lowest BCUT2D eigenvalue weighted by molar-refractivity contribution is -0.120. The molecule has 0 aromatic heterocycles. The van der Waals surface area contributed by atoms with Crippen molar-refractivity contribution < 1.29 is 9.59 Å². The maximum absolute atomic E-state index is 11.9. The Morgan fingerprint density at radius 2 is 2.00 bits per heavy atom. The molecule has 2 amide bonds. The molecule has 0 aliphatic heterocycles. The summed E-state index contributed by atoms with van der Waals surface area (Å²) >= 11 is 0. The molecule has 0 radical (unpaired) electrons. The van der Waals surface area contributed by atoms with E-state index in [4.69, 9.17) is 0 Å². The quantitative estimate of drug-likeness (QED) is 0.784. The van der Waals surface area contributed by atoms with Crippen molar-refractivity contribution >= 4 is 17.5 Å². The van der Waals surface area contributed by atoms with Gasteiger partial charge in [0, 0.05) is 32.1 Å². The average molecular weight is 288 g/mol. The largest absolute Gasteiger partial charge is 0.353 e. The first-order valence-corrected chi connectivity index (χ1v) is 7.22. The fourth-order valence-electron chi connectivity index (χ4n) is 2.16. The first-order chi connectivity index (χ1) is 9.97. The van der Waals surface area contributed by atoms with Gasteiger partial charge in [0.15, 0.2) is 0 Å². The Bertz CT molecular complexity index is 509. The summed E-state index contributed by atoms with van der Waals surface area (Å²) in [6, 6.07) is 7.83. The second kappa shape index (κ2) is 8.25. The van der Waals surface area contributed by atoms with Gasteiger partial charge in [-0.15, -0.1) is 6.58 Å². The van der Waals surface area contributed by atoms with Crippen LogP contribution >= 0.6 is 0 Å². The Balaban J connectivity index is 2.85. The number of carbonyl (C=O) groups excluding carboxylic acids is 2. The van der Waals surface area contributed by atoms with Crippen LogP contribution in [0.3, 0.4) is 0 Å². The lowest BCUT2D eigenvalue weighted by atomic mass is 10.0. The maximum Gasteiger partial charge on any atom is 0.223 e. The zero-order chi connectivity index (χ0) is 15.8. The van der Waals surface area contributed by atoms with E-state index in [-0.39, 0.29) is 18.2 Å². The highest BCUT2D eigenvalue weighted by molar-refractivity contribution is 5.93. The number of rotatable bonds is 7. The monoisotopic (exact) mass is 288 g/mol. The molecule has 0 atom stereocenters. The highest BCUT2D eigenvalue weighted by atomic mass is 16.2. The van der Waals surface area contributed by atoms with E-state index in [0.717, 1.165) is 11.3 Å². The van der Waals surface area contributed by atoms with Crippen molar-refractivity contribution in [1.29, 1.82) is 0 Å². The van der Waals surface area contributed by atoms with Crippen LogP contribution in [0.5, 0.6) is 0 Å². The molecule has 4 heteroatoms. The van der Waals surface area contributed by atoms with Crippen LogP contribution in [-0.2, 0) is 9.59 Å². The second-order valence-electron chi connectivity index (χ2n) is 5.23. The van der Waals surface area contributed by atoms with Crippen LogP contribution in [0.15, 0.2) is 36.9 Å². The number of hydrogen-bond donors (Lipinski definition) is 1. The number of para-hydroxylation sites is 1. The van der Waals surface area contributed by atoms with Crippen LogP contribution in [0, 0.1) is 0 Å². The van der Waals surface area contributed by atoms with E-state index in [0.29, 0.717) is 19.0 Å². The first-order valence-electron chi connectivity index (χ1n) is 7.22. The minimum absolute atomic E-state index is 0.0559. The van der Waals surface area contributed by atoms with Gasteiger partial charge in [0.25, 0.3) is 0 Å². The molecule has 0 fully saturated rings. The Morgan fingerprint density at radius 1 is 1.33 bits per heavy atom. The minimum atomic E-state index is -0.0804. The lowest BCUT2D eigenvalue weighted by Crippen LogP contribution is -2.34. The Morgan fingerprint density at radius 3 is 2.57 bits per heavy atom. The summed E-state index contributed by atoms with van der Waals surface area (Å²) in [5.74, 6) is 0.181. The molecule has 1 aromatic rings. The fourth-order valence-corrected chi connectivity index (χ4v) is 2.16. The maximum atomic E-state index is 11.9. The molecule has 1 rings (SSSR count). The molecule has 0 saturated carbocycles. The molecule has 1 aromatic carbocycles. The third-order valence-electron chi connectivity index (χ3n) is 3.24. The molecule has 0 bridgehead atoms. The van der Waals surface area contributed by atoms with Gasteiger partial charge in [0.2, 0.25) is 11.8 Å². The van der Waals surface area contributed by atoms with Gasteiger partial charge in [-0.25, -0.2) is 0 Å². The summed E-state index contributed by atoms with van der Waals surface area (Å²) in [6.07, 6.45) is 1.91. The summed E-state index contributed by atoms with van der Waals surface area (Å²) < 4.78 is 0. The average Bonchev–Trinajstić information content (AvgIpc) is 2.45. The standard InChI is InChI=1S/C17H24N2O2/c1-5-11-18-17(21)10-12-19(14(4)20)16-9-7-6-8-15(16)13(2)3/h5-9,13H,1,10-12H2,2-4H3,(H,18,21). The summed E-state index contributed by atoms with van der Waals surface area (Å²) in [7, 11) is 0. The molecule has 0 unspecified atom stereocenters. The van der Waals surface area contributed by atoms with E-state index in [9.17, 15) is 9.59 Å². The normalized spacial score (nSPS) is 10.3. The Kier molecular flexibility index (Phi) is 6.66. The van der Waals surface area contributed by atoms with E-state index in [1.807, 2.05) is 24.3 Å². The van der Waals surface area contributed by atoms with Crippen LogP contribution in [0.25, 0.3) is 0 Å². The van der Waals surface area contributed by atoms with Crippen molar-refractivity contribution in [2.75, 3.05) is 18.0 Å². The highest BCUT2D eigenvalue weighted by Gasteiger charge is 2.17. The molecule has 4 nitrogen and oxygen atoms in total. The van der Waals surface area contributed by atoms with E-state index in [1.54, 1.807) is 11.0 Å². The number of nitrogens with one attached hydrogen (secondary N) is 1. The van der Waals surface area contributed by atoms with Gasteiger partial charge in [0.1, 0.15) is 0 Å². The summed E-state index contributed by atoms with van der Waals surface area (Å²) in [4.78, 5) is 25.3. The van der Waals surface area contributed by atoms with Crippen molar-refractivity contribution in [3.05, 3.63) is 42.5 Å². The third-order valence-corrected chi connectivity index (χ3v) is 3.24. The molecule has 21 heavy (non-hydrogen) atoms. The smallest absolute Gasteiger partial charge is 0.223 e. The molecule has 0 saturated heterocycles. The minimum Gasteiger partial charge on any atom is -0.353 e.